The SMILES string of the molecule is CCc1ccc2c(c1)Cc1cc(-c3cc(F)c(Cl)c(F)c3)ccc1-2. The van der Waals surface area contributed by atoms with Gasteiger partial charge in [0.15, 0.2) is 0 Å². The van der Waals surface area contributed by atoms with Gasteiger partial charge in [-0.1, -0.05) is 54.9 Å². The van der Waals surface area contributed by atoms with E-state index in [0.717, 1.165) is 18.4 Å². The molecular formula is C21H15ClF2. The van der Waals surface area contributed by atoms with Gasteiger partial charge in [0, 0.05) is 0 Å². The normalized spacial score (nSPS) is 12.2. The van der Waals surface area contributed by atoms with E-state index in [-0.39, 0.29) is 0 Å². The van der Waals surface area contributed by atoms with Crippen LogP contribution in [0.3, 0.4) is 0 Å². The minimum absolute atomic E-state index is 0.459. The largest absolute Gasteiger partial charge is 0.205 e. The summed E-state index contributed by atoms with van der Waals surface area (Å²) in [6.07, 6.45) is 1.86. The highest BCUT2D eigenvalue weighted by molar-refractivity contribution is 6.31. The minimum atomic E-state index is -0.733. The van der Waals surface area contributed by atoms with Gasteiger partial charge in [-0.15, -0.1) is 0 Å². The van der Waals surface area contributed by atoms with Crippen molar-refractivity contribution in [1.29, 1.82) is 0 Å². The third-order valence-electron chi connectivity index (χ3n) is 4.67. The molecule has 1 aliphatic rings. The van der Waals surface area contributed by atoms with Crippen LogP contribution in [0.5, 0.6) is 0 Å². The molecule has 1 aliphatic carbocycles. The lowest BCUT2D eigenvalue weighted by Gasteiger charge is -2.07. The lowest BCUT2D eigenvalue weighted by atomic mass is 9.99. The Balaban J connectivity index is 1.78. The number of halogens is 3. The van der Waals surface area contributed by atoms with Crippen LogP contribution in [-0.4, -0.2) is 0 Å². The van der Waals surface area contributed by atoms with Crippen molar-refractivity contribution >= 4 is 11.6 Å². The van der Waals surface area contributed by atoms with E-state index in [1.165, 1.54) is 39.9 Å². The third kappa shape index (κ3) is 2.42. The van der Waals surface area contributed by atoms with Gasteiger partial charge in [0.1, 0.15) is 16.7 Å². The summed E-state index contributed by atoms with van der Waals surface area (Å²) in [7, 11) is 0. The first kappa shape index (κ1) is 15.3. The molecule has 0 unspecified atom stereocenters. The number of hydrogen-bond donors (Lipinski definition) is 0. The fraction of sp³-hybridized carbons (Fsp3) is 0.143. The van der Waals surface area contributed by atoms with Crippen LogP contribution in [0.4, 0.5) is 8.78 Å². The smallest absolute Gasteiger partial charge is 0.145 e. The summed E-state index contributed by atoms with van der Waals surface area (Å²) in [6.45, 7) is 2.14. The van der Waals surface area contributed by atoms with E-state index in [9.17, 15) is 8.78 Å². The molecule has 0 aromatic heterocycles. The van der Waals surface area contributed by atoms with Crippen LogP contribution in [0.2, 0.25) is 5.02 Å². The Morgan fingerprint density at radius 1 is 0.833 bits per heavy atom. The molecule has 0 saturated heterocycles. The van der Waals surface area contributed by atoms with Crippen LogP contribution in [0, 0.1) is 11.6 Å². The van der Waals surface area contributed by atoms with Gasteiger partial charge in [-0.3, -0.25) is 0 Å². The van der Waals surface area contributed by atoms with E-state index in [4.69, 9.17) is 11.6 Å². The molecule has 0 amide bonds. The summed E-state index contributed by atoms with van der Waals surface area (Å²) >= 11 is 5.57. The molecule has 0 atom stereocenters. The maximum Gasteiger partial charge on any atom is 0.145 e. The second-order valence-electron chi connectivity index (χ2n) is 6.15. The van der Waals surface area contributed by atoms with Gasteiger partial charge in [0.05, 0.1) is 0 Å². The van der Waals surface area contributed by atoms with E-state index >= 15 is 0 Å². The molecule has 3 aromatic rings. The van der Waals surface area contributed by atoms with E-state index in [1.54, 1.807) is 0 Å². The lowest BCUT2D eigenvalue weighted by Crippen LogP contribution is -1.89. The first-order valence-electron chi connectivity index (χ1n) is 7.97. The quantitative estimate of drug-likeness (QED) is 0.369. The van der Waals surface area contributed by atoms with E-state index < -0.39 is 16.7 Å². The van der Waals surface area contributed by atoms with Crippen molar-refractivity contribution in [3.05, 3.63) is 81.9 Å². The fourth-order valence-electron chi connectivity index (χ4n) is 3.39. The van der Waals surface area contributed by atoms with Crippen molar-refractivity contribution in [2.45, 2.75) is 19.8 Å². The molecule has 0 N–H and O–H groups in total. The van der Waals surface area contributed by atoms with Crippen molar-refractivity contribution < 1.29 is 8.78 Å². The van der Waals surface area contributed by atoms with Crippen LogP contribution in [0.25, 0.3) is 22.3 Å². The maximum atomic E-state index is 13.7. The molecule has 0 spiro atoms. The number of benzene rings is 3. The van der Waals surface area contributed by atoms with Crippen LogP contribution >= 0.6 is 11.6 Å². The summed E-state index contributed by atoms with van der Waals surface area (Å²) in [6, 6.07) is 15.1. The molecule has 4 rings (SSSR count). The van der Waals surface area contributed by atoms with E-state index in [2.05, 4.69) is 25.1 Å². The minimum Gasteiger partial charge on any atom is -0.205 e. The predicted octanol–water partition coefficient (Wildman–Crippen LogP) is 6.42. The number of fused-ring (bicyclic) bond motifs is 3. The van der Waals surface area contributed by atoms with Crippen LogP contribution < -0.4 is 0 Å². The van der Waals surface area contributed by atoms with E-state index in [0.29, 0.717) is 5.56 Å². The van der Waals surface area contributed by atoms with E-state index in [1.807, 2.05) is 18.2 Å². The standard InChI is InChI=1S/C21H15ClF2/c1-2-12-3-5-17-15(7-12)9-16-8-13(4-6-18(16)17)14-10-19(23)21(22)20(24)11-14/h3-8,10-11H,2,9H2,1H3. The molecule has 24 heavy (non-hydrogen) atoms. The molecule has 3 aromatic carbocycles. The monoisotopic (exact) mass is 340 g/mol. The zero-order valence-electron chi connectivity index (χ0n) is 13.2. The highest BCUT2D eigenvalue weighted by Crippen LogP contribution is 2.39. The molecule has 0 bridgehead atoms. The Kier molecular flexibility index (Phi) is 3.65. The van der Waals surface area contributed by atoms with Crippen molar-refractivity contribution in [2.24, 2.45) is 0 Å². The predicted molar refractivity (Wildman–Crippen MR) is 94.4 cm³/mol. The van der Waals surface area contributed by atoms with Gasteiger partial charge in [0.2, 0.25) is 0 Å². The summed E-state index contributed by atoms with van der Waals surface area (Å²) in [4.78, 5) is 0. The van der Waals surface area contributed by atoms with Crippen LogP contribution in [-0.2, 0) is 12.8 Å². The zero-order valence-corrected chi connectivity index (χ0v) is 13.9. The first-order valence-corrected chi connectivity index (χ1v) is 8.34. The highest BCUT2D eigenvalue weighted by atomic mass is 35.5. The van der Waals surface area contributed by atoms with Crippen LogP contribution in [0.1, 0.15) is 23.6 Å². The molecule has 0 radical (unpaired) electrons. The lowest BCUT2D eigenvalue weighted by molar-refractivity contribution is 0.585. The Morgan fingerprint density at radius 2 is 1.46 bits per heavy atom. The van der Waals surface area contributed by atoms with Crippen molar-refractivity contribution in [1.82, 2.24) is 0 Å². The highest BCUT2D eigenvalue weighted by Gasteiger charge is 2.19. The number of rotatable bonds is 2. The zero-order chi connectivity index (χ0) is 16.8. The number of hydrogen-bond acceptors (Lipinski definition) is 0. The summed E-state index contributed by atoms with van der Waals surface area (Å²) < 4.78 is 27.5. The van der Waals surface area contributed by atoms with Crippen molar-refractivity contribution in [2.75, 3.05) is 0 Å². The Bertz CT molecular complexity index is 937. The molecule has 0 aliphatic heterocycles. The Morgan fingerprint density at radius 3 is 2.12 bits per heavy atom. The average Bonchev–Trinajstić information content (AvgIpc) is 2.95. The molecule has 120 valence electrons. The summed E-state index contributed by atoms with van der Waals surface area (Å²) in [5.74, 6) is -1.47. The topological polar surface area (TPSA) is 0 Å². The molecule has 0 heterocycles. The van der Waals surface area contributed by atoms with Gasteiger partial charge in [0.25, 0.3) is 0 Å². The Hall–Kier alpha value is -2.19. The molecule has 0 nitrogen and oxygen atoms in total. The van der Waals surface area contributed by atoms with Gasteiger partial charge in [-0.25, -0.2) is 8.78 Å². The van der Waals surface area contributed by atoms with Gasteiger partial charge in [-0.2, -0.15) is 0 Å². The second-order valence-corrected chi connectivity index (χ2v) is 6.53. The fourth-order valence-corrected chi connectivity index (χ4v) is 3.49. The first-order chi connectivity index (χ1) is 11.6. The summed E-state index contributed by atoms with van der Waals surface area (Å²) in [5.41, 5.74) is 7.58. The maximum absolute atomic E-state index is 13.7. The molecule has 0 saturated carbocycles. The molecular weight excluding hydrogens is 326 g/mol. The molecule has 0 fully saturated rings. The van der Waals surface area contributed by atoms with Crippen molar-refractivity contribution in [3.8, 4) is 22.3 Å². The third-order valence-corrected chi connectivity index (χ3v) is 5.03. The van der Waals surface area contributed by atoms with Crippen molar-refractivity contribution in [3.63, 3.8) is 0 Å². The second kappa shape index (κ2) is 5.71. The summed E-state index contributed by atoms with van der Waals surface area (Å²) in [5, 5.41) is -0.459. The van der Waals surface area contributed by atoms with Crippen LogP contribution in [0.15, 0.2) is 48.5 Å². The Labute approximate surface area is 144 Å². The molecule has 3 heteroatoms. The van der Waals surface area contributed by atoms with Gasteiger partial charge >= 0.3 is 0 Å². The van der Waals surface area contributed by atoms with Gasteiger partial charge < -0.3 is 0 Å². The van der Waals surface area contributed by atoms with Gasteiger partial charge in [-0.05, 0) is 63.9 Å². The average molecular weight is 341 g/mol. The number of aryl methyl sites for hydroxylation is 1.